The van der Waals surface area contributed by atoms with E-state index in [0.29, 0.717) is 5.92 Å². The van der Waals surface area contributed by atoms with Crippen molar-refractivity contribution >= 4 is 33.5 Å². The number of anilines is 1. The summed E-state index contributed by atoms with van der Waals surface area (Å²) in [6, 6.07) is 9.74. The predicted octanol–water partition coefficient (Wildman–Crippen LogP) is 4.05. The summed E-state index contributed by atoms with van der Waals surface area (Å²) in [6.07, 6.45) is 5.64. The van der Waals surface area contributed by atoms with E-state index in [4.69, 9.17) is 0 Å². The molecule has 0 radical (unpaired) electrons. The Morgan fingerprint density at radius 2 is 1.83 bits per heavy atom. The monoisotopic (exact) mass is 320 g/mol. The molecule has 4 rings (SSSR count). The van der Waals surface area contributed by atoms with Crippen molar-refractivity contribution in [3.63, 3.8) is 0 Å². The van der Waals surface area contributed by atoms with E-state index in [1.807, 2.05) is 35.2 Å². The fourth-order valence-corrected chi connectivity index (χ4v) is 3.30. The second kappa shape index (κ2) is 6.07. The van der Waals surface area contributed by atoms with Crippen molar-refractivity contribution in [2.45, 2.75) is 19.8 Å². The van der Waals surface area contributed by atoms with Gasteiger partial charge in [-0.25, -0.2) is 4.79 Å². The van der Waals surface area contributed by atoms with Gasteiger partial charge in [0, 0.05) is 36.3 Å². The summed E-state index contributed by atoms with van der Waals surface area (Å²) < 4.78 is 0. The van der Waals surface area contributed by atoms with Gasteiger partial charge < -0.3 is 10.2 Å². The van der Waals surface area contributed by atoms with Crippen molar-refractivity contribution < 1.29 is 4.79 Å². The van der Waals surface area contributed by atoms with Crippen molar-refractivity contribution in [2.24, 2.45) is 5.92 Å². The topological polar surface area (TPSA) is 58.1 Å². The fraction of sp³-hybridized carbons (Fsp3) is 0.316. The van der Waals surface area contributed by atoms with Gasteiger partial charge in [0.05, 0.1) is 16.7 Å². The molecule has 1 aliphatic rings. The Morgan fingerprint density at radius 3 is 2.62 bits per heavy atom. The van der Waals surface area contributed by atoms with E-state index >= 15 is 0 Å². The average Bonchev–Trinajstić information content (AvgIpc) is 2.62. The normalized spacial score (nSPS) is 15.8. The van der Waals surface area contributed by atoms with Gasteiger partial charge in [-0.2, -0.15) is 0 Å². The van der Waals surface area contributed by atoms with E-state index in [-0.39, 0.29) is 6.03 Å². The number of amides is 2. The maximum Gasteiger partial charge on any atom is 0.321 e. The summed E-state index contributed by atoms with van der Waals surface area (Å²) >= 11 is 0. The van der Waals surface area contributed by atoms with Crippen LogP contribution in [0.5, 0.6) is 0 Å². The molecule has 3 heterocycles. The van der Waals surface area contributed by atoms with Gasteiger partial charge in [0.25, 0.3) is 0 Å². The third-order valence-corrected chi connectivity index (χ3v) is 4.79. The zero-order valence-electron chi connectivity index (χ0n) is 13.7. The van der Waals surface area contributed by atoms with E-state index in [2.05, 4.69) is 22.2 Å². The summed E-state index contributed by atoms with van der Waals surface area (Å²) in [7, 11) is 0. The number of fused-ring (bicyclic) bond motifs is 3. The third-order valence-electron chi connectivity index (χ3n) is 4.79. The second-order valence-electron chi connectivity index (χ2n) is 6.49. The van der Waals surface area contributed by atoms with Gasteiger partial charge >= 0.3 is 6.03 Å². The van der Waals surface area contributed by atoms with Crippen LogP contribution in [0.15, 0.2) is 42.7 Å². The van der Waals surface area contributed by atoms with Crippen LogP contribution in [-0.2, 0) is 0 Å². The molecule has 1 aliphatic heterocycles. The van der Waals surface area contributed by atoms with Crippen molar-refractivity contribution in [1.29, 1.82) is 0 Å². The van der Waals surface area contributed by atoms with Crippen LogP contribution in [0.25, 0.3) is 21.8 Å². The molecule has 1 saturated heterocycles. The van der Waals surface area contributed by atoms with E-state index in [9.17, 15) is 4.79 Å². The molecule has 0 aliphatic carbocycles. The number of carbonyl (C=O) groups is 1. The largest absolute Gasteiger partial charge is 0.325 e. The summed E-state index contributed by atoms with van der Waals surface area (Å²) in [6.45, 7) is 3.86. The lowest BCUT2D eigenvalue weighted by molar-refractivity contribution is 0.186. The highest BCUT2D eigenvalue weighted by Crippen LogP contribution is 2.29. The first kappa shape index (κ1) is 14.9. The number of nitrogens with one attached hydrogen (secondary N) is 1. The minimum atomic E-state index is -0.0517. The molecule has 0 unspecified atom stereocenters. The smallest absolute Gasteiger partial charge is 0.321 e. The first-order chi connectivity index (χ1) is 11.7. The van der Waals surface area contributed by atoms with Crippen LogP contribution in [-0.4, -0.2) is 34.0 Å². The Bertz CT molecular complexity index is 900. The van der Waals surface area contributed by atoms with Gasteiger partial charge in [-0.3, -0.25) is 9.97 Å². The average molecular weight is 320 g/mol. The molecule has 5 heteroatoms. The number of urea groups is 1. The van der Waals surface area contributed by atoms with Gasteiger partial charge in [-0.05, 0) is 37.0 Å². The molecular weight excluding hydrogens is 300 g/mol. The fourth-order valence-electron chi connectivity index (χ4n) is 3.30. The van der Waals surface area contributed by atoms with Crippen LogP contribution < -0.4 is 5.32 Å². The highest BCUT2D eigenvalue weighted by Gasteiger charge is 2.21. The zero-order valence-corrected chi connectivity index (χ0v) is 13.7. The Balaban J connectivity index is 1.71. The van der Waals surface area contributed by atoms with E-state index in [0.717, 1.165) is 53.4 Å². The van der Waals surface area contributed by atoms with Gasteiger partial charge in [-0.15, -0.1) is 0 Å². The maximum absolute atomic E-state index is 12.6. The van der Waals surface area contributed by atoms with Crippen LogP contribution in [0, 0.1) is 5.92 Å². The van der Waals surface area contributed by atoms with Crippen LogP contribution >= 0.6 is 0 Å². The van der Waals surface area contributed by atoms with Crippen LogP contribution in [0.4, 0.5) is 10.5 Å². The van der Waals surface area contributed by atoms with Crippen molar-refractivity contribution in [1.82, 2.24) is 14.9 Å². The number of benzene rings is 1. The highest BCUT2D eigenvalue weighted by atomic mass is 16.2. The summed E-state index contributed by atoms with van der Waals surface area (Å²) in [4.78, 5) is 23.4. The number of likely N-dealkylation sites (tertiary alicyclic amines) is 1. The Morgan fingerprint density at radius 1 is 1.12 bits per heavy atom. The van der Waals surface area contributed by atoms with E-state index in [1.54, 1.807) is 12.4 Å². The molecule has 0 saturated carbocycles. The third kappa shape index (κ3) is 2.66. The molecule has 24 heavy (non-hydrogen) atoms. The standard InChI is InChI=1S/C19H20N4O/c1-13-6-10-23(11-7-13)19(24)22-17-12-16-14(4-2-8-20-16)15-5-3-9-21-18(15)17/h2-5,8-9,12-13H,6-7,10-11H2,1H3,(H,22,24). The minimum absolute atomic E-state index is 0.0517. The number of hydrogen-bond acceptors (Lipinski definition) is 3. The summed E-state index contributed by atoms with van der Waals surface area (Å²) in [5.41, 5.74) is 2.39. The molecule has 0 atom stereocenters. The lowest BCUT2D eigenvalue weighted by Crippen LogP contribution is -2.40. The highest BCUT2D eigenvalue weighted by molar-refractivity contribution is 6.12. The molecule has 1 fully saturated rings. The molecule has 2 aromatic heterocycles. The van der Waals surface area contributed by atoms with Crippen molar-refractivity contribution in [3.8, 4) is 0 Å². The Labute approximate surface area is 140 Å². The summed E-state index contributed by atoms with van der Waals surface area (Å²) in [5.74, 6) is 0.696. The van der Waals surface area contributed by atoms with Crippen LogP contribution in [0.3, 0.4) is 0 Å². The number of piperidine rings is 1. The van der Waals surface area contributed by atoms with Crippen LogP contribution in [0.2, 0.25) is 0 Å². The SMILES string of the molecule is CC1CCN(C(=O)Nc2cc3ncccc3c3cccnc23)CC1. The van der Waals surface area contributed by atoms with Gasteiger partial charge in [0.2, 0.25) is 0 Å². The van der Waals surface area contributed by atoms with Gasteiger partial charge in [0.1, 0.15) is 0 Å². The van der Waals surface area contributed by atoms with Crippen LogP contribution in [0.1, 0.15) is 19.8 Å². The molecule has 3 aromatic rings. The second-order valence-corrected chi connectivity index (χ2v) is 6.49. The quantitative estimate of drug-likeness (QED) is 0.688. The first-order valence-corrected chi connectivity index (χ1v) is 8.41. The molecule has 0 spiro atoms. The molecule has 1 N–H and O–H groups in total. The lowest BCUT2D eigenvalue weighted by atomic mass is 10.00. The number of carbonyl (C=O) groups excluding carboxylic acids is 1. The Kier molecular flexibility index (Phi) is 3.76. The molecular formula is C19H20N4O. The number of hydrogen-bond donors (Lipinski definition) is 1. The van der Waals surface area contributed by atoms with E-state index < -0.39 is 0 Å². The molecule has 5 nitrogen and oxygen atoms in total. The Hall–Kier alpha value is -2.69. The van der Waals surface area contributed by atoms with Gasteiger partial charge in [0.15, 0.2) is 0 Å². The first-order valence-electron chi connectivity index (χ1n) is 8.41. The number of rotatable bonds is 1. The number of aromatic nitrogens is 2. The molecule has 1 aromatic carbocycles. The van der Waals surface area contributed by atoms with E-state index in [1.165, 1.54) is 0 Å². The zero-order chi connectivity index (χ0) is 16.5. The summed E-state index contributed by atoms with van der Waals surface area (Å²) in [5, 5.41) is 5.10. The lowest BCUT2D eigenvalue weighted by Gasteiger charge is -2.30. The minimum Gasteiger partial charge on any atom is -0.325 e. The number of nitrogens with zero attached hydrogens (tertiary/aromatic N) is 3. The maximum atomic E-state index is 12.6. The van der Waals surface area contributed by atoms with Crippen molar-refractivity contribution in [3.05, 3.63) is 42.7 Å². The molecule has 0 bridgehead atoms. The van der Waals surface area contributed by atoms with Gasteiger partial charge in [-0.1, -0.05) is 19.1 Å². The predicted molar refractivity (Wildman–Crippen MR) is 96.0 cm³/mol. The molecule has 2 amide bonds. The number of pyridine rings is 2. The van der Waals surface area contributed by atoms with Crippen molar-refractivity contribution in [2.75, 3.05) is 18.4 Å². The molecule has 122 valence electrons.